The fraction of sp³-hybridized carbons (Fsp3) is 0.944. The molecule has 0 bridgehead atoms. The van der Waals surface area contributed by atoms with Crippen LogP contribution in [0.5, 0.6) is 0 Å². The Morgan fingerprint density at radius 2 is 1.86 bits per heavy atom. The lowest BCUT2D eigenvalue weighted by molar-refractivity contribution is -0.133. The van der Waals surface area contributed by atoms with Gasteiger partial charge in [-0.2, -0.15) is 0 Å². The highest BCUT2D eigenvalue weighted by molar-refractivity contribution is 5.77. The molecule has 1 saturated carbocycles. The first-order valence-electron chi connectivity index (χ1n) is 9.03. The van der Waals surface area contributed by atoms with Crippen LogP contribution in [0.3, 0.4) is 0 Å². The molecule has 122 valence electrons. The largest absolute Gasteiger partial charge is 0.343 e. The summed E-state index contributed by atoms with van der Waals surface area (Å²) >= 11 is 0. The summed E-state index contributed by atoms with van der Waals surface area (Å²) in [5, 5.41) is 3.48. The molecule has 2 aliphatic rings. The Morgan fingerprint density at radius 3 is 2.48 bits per heavy atom. The molecule has 0 spiro atoms. The molecule has 2 fully saturated rings. The minimum atomic E-state index is 0.0824. The van der Waals surface area contributed by atoms with Gasteiger partial charge in [0.1, 0.15) is 0 Å². The van der Waals surface area contributed by atoms with E-state index in [0.717, 1.165) is 37.8 Å². The third kappa shape index (κ3) is 4.45. The summed E-state index contributed by atoms with van der Waals surface area (Å²) in [5.74, 6) is 1.94. The summed E-state index contributed by atoms with van der Waals surface area (Å²) in [6, 6.07) is 0. The van der Waals surface area contributed by atoms with E-state index < -0.39 is 0 Å². The van der Waals surface area contributed by atoms with Crippen molar-refractivity contribution in [3.8, 4) is 0 Å². The molecule has 1 aliphatic heterocycles. The third-order valence-corrected chi connectivity index (χ3v) is 5.90. The standard InChI is InChI=1S/C18H34N2O/c1-15(2)16-8-7-12-20(13-9-16)17(21)14-18(19-3)10-5-4-6-11-18/h15-16,19H,4-14H2,1-3H3. The number of amides is 1. The zero-order valence-corrected chi connectivity index (χ0v) is 14.3. The lowest BCUT2D eigenvalue weighted by Crippen LogP contribution is -2.49. The second-order valence-corrected chi connectivity index (χ2v) is 7.58. The summed E-state index contributed by atoms with van der Waals surface area (Å²) in [4.78, 5) is 14.9. The molecule has 3 heteroatoms. The van der Waals surface area contributed by atoms with Gasteiger partial charge in [0.05, 0.1) is 0 Å². The molecule has 1 aliphatic carbocycles. The monoisotopic (exact) mass is 294 g/mol. The van der Waals surface area contributed by atoms with Crippen molar-refractivity contribution in [1.82, 2.24) is 10.2 Å². The fourth-order valence-corrected chi connectivity index (χ4v) is 4.18. The molecule has 1 heterocycles. The van der Waals surface area contributed by atoms with Crippen molar-refractivity contribution in [2.45, 2.75) is 77.2 Å². The highest BCUT2D eigenvalue weighted by Gasteiger charge is 2.34. The molecule has 1 amide bonds. The number of rotatable bonds is 4. The highest BCUT2D eigenvalue weighted by atomic mass is 16.2. The maximum atomic E-state index is 12.7. The first-order chi connectivity index (χ1) is 10.1. The van der Waals surface area contributed by atoms with Gasteiger partial charge >= 0.3 is 0 Å². The van der Waals surface area contributed by atoms with Crippen LogP contribution >= 0.6 is 0 Å². The lowest BCUT2D eigenvalue weighted by Gasteiger charge is -2.38. The Kier molecular flexibility index (Phi) is 6.09. The lowest BCUT2D eigenvalue weighted by atomic mass is 9.79. The van der Waals surface area contributed by atoms with E-state index in [1.807, 2.05) is 7.05 Å². The molecule has 0 aromatic rings. The van der Waals surface area contributed by atoms with Crippen LogP contribution in [0.4, 0.5) is 0 Å². The first-order valence-corrected chi connectivity index (χ1v) is 9.03. The Bertz CT molecular complexity index is 334. The number of hydrogen-bond donors (Lipinski definition) is 1. The average molecular weight is 294 g/mol. The quantitative estimate of drug-likeness (QED) is 0.859. The molecule has 1 atom stereocenters. The normalized spacial score (nSPS) is 26.7. The summed E-state index contributed by atoms with van der Waals surface area (Å²) in [6.07, 6.45) is 10.6. The van der Waals surface area contributed by atoms with Gasteiger partial charge in [0.25, 0.3) is 0 Å². The van der Waals surface area contributed by atoms with E-state index in [1.54, 1.807) is 0 Å². The van der Waals surface area contributed by atoms with Gasteiger partial charge in [0.2, 0.25) is 5.91 Å². The molecule has 0 aromatic heterocycles. The topological polar surface area (TPSA) is 32.3 Å². The second-order valence-electron chi connectivity index (χ2n) is 7.58. The third-order valence-electron chi connectivity index (χ3n) is 5.90. The van der Waals surface area contributed by atoms with Crippen LogP contribution in [-0.2, 0) is 4.79 Å². The Labute approximate surface area is 130 Å². The first kappa shape index (κ1) is 16.8. The molecule has 0 radical (unpaired) electrons. The summed E-state index contributed by atoms with van der Waals surface area (Å²) in [6.45, 7) is 6.59. The van der Waals surface area contributed by atoms with Crippen molar-refractivity contribution in [3.05, 3.63) is 0 Å². The number of hydrogen-bond acceptors (Lipinski definition) is 2. The molecular weight excluding hydrogens is 260 g/mol. The summed E-state index contributed by atoms with van der Waals surface area (Å²) < 4.78 is 0. The highest BCUT2D eigenvalue weighted by Crippen LogP contribution is 2.32. The Morgan fingerprint density at radius 1 is 1.14 bits per heavy atom. The van der Waals surface area contributed by atoms with Crippen LogP contribution in [0, 0.1) is 11.8 Å². The van der Waals surface area contributed by atoms with E-state index in [2.05, 4.69) is 24.1 Å². The number of carbonyl (C=O) groups excluding carboxylic acids is 1. The molecular formula is C18H34N2O. The molecule has 0 aromatic carbocycles. The number of likely N-dealkylation sites (tertiary alicyclic amines) is 1. The second kappa shape index (κ2) is 7.62. The minimum absolute atomic E-state index is 0.0824. The number of carbonyl (C=O) groups is 1. The van der Waals surface area contributed by atoms with E-state index in [-0.39, 0.29) is 5.54 Å². The van der Waals surface area contributed by atoms with Crippen molar-refractivity contribution in [2.24, 2.45) is 11.8 Å². The van der Waals surface area contributed by atoms with Gasteiger partial charge in [-0.05, 0) is 51.0 Å². The maximum Gasteiger partial charge on any atom is 0.224 e. The summed E-state index contributed by atoms with van der Waals surface area (Å²) in [7, 11) is 2.04. The van der Waals surface area contributed by atoms with Crippen molar-refractivity contribution in [1.29, 1.82) is 0 Å². The van der Waals surface area contributed by atoms with E-state index >= 15 is 0 Å². The van der Waals surface area contributed by atoms with E-state index in [0.29, 0.717) is 12.3 Å². The zero-order valence-electron chi connectivity index (χ0n) is 14.3. The predicted octanol–water partition coefficient (Wildman–Crippen LogP) is 3.58. The smallest absolute Gasteiger partial charge is 0.224 e. The van der Waals surface area contributed by atoms with Gasteiger partial charge < -0.3 is 10.2 Å². The van der Waals surface area contributed by atoms with E-state index in [1.165, 1.54) is 38.5 Å². The fourth-order valence-electron chi connectivity index (χ4n) is 4.18. The molecule has 1 saturated heterocycles. The Hall–Kier alpha value is -0.570. The van der Waals surface area contributed by atoms with Gasteiger partial charge in [-0.15, -0.1) is 0 Å². The Balaban J connectivity index is 1.90. The zero-order chi connectivity index (χ0) is 15.3. The van der Waals surface area contributed by atoms with Crippen LogP contribution in [0.2, 0.25) is 0 Å². The maximum absolute atomic E-state index is 12.7. The molecule has 21 heavy (non-hydrogen) atoms. The van der Waals surface area contributed by atoms with Crippen molar-refractivity contribution in [3.63, 3.8) is 0 Å². The van der Waals surface area contributed by atoms with Crippen molar-refractivity contribution >= 4 is 5.91 Å². The average Bonchev–Trinajstić information content (AvgIpc) is 2.74. The van der Waals surface area contributed by atoms with Crippen LogP contribution in [-0.4, -0.2) is 36.5 Å². The predicted molar refractivity (Wildman–Crippen MR) is 88.3 cm³/mol. The minimum Gasteiger partial charge on any atom is -0.343 e. The van der Waals surface area contributed by atoms with Crippen LogP contribution in [0.15, 0.2) is 0 Å². The van der Waals surface area contributed by atoms with Crippen LogP contribution in [0.1, 0.15) is 71.6 Å². The number of nitrogens with one attached hydrogen (secondary N) is 1. The van der Waals surface area contributed by atoms with Gasteiger partial charge in [-0.1, -0.05) is 33.1 Å². The van der Waals surface area contributed by atoms with Crippen molar-refractivity contribution in [2.75, 3.05) is 20.1 Å². The molecule has 3 nitrogen and oxygen atoms in total. The number of nitrogens with zero attached hydrogens (tertiary/aromatic N) is 1. The van der Waals surface area contributed by atoms with Crippen LogP contribution < -0.4 is 5.32 Å². The van der Waals surface area contributed by atoms with Gasteiger partial charge in [0, 0.05) is 25.0 Å². The molecule has 1 unspecified atom stereocenters. The summed E-state index contributed by atoms with van der Waals surface area (Å²) in [5.41, 5.74) is 0.0824. The van der Waals surface area contributed by atoms with Gasteiger partial charge in [-0.25, -0.2) is 0 Å². The van der Waals surface area contributed by atoms with E-state index in [9.17, 15) is 4.79 Å². The van der Waals surface area contributed by atoms with Gasteiger partial charge in [-0.3, -0.25) is 4.79 Å². The van der Waals surface area contributed by atoms with Gasteiger partial charge in [0.15, 0.2) is 0 Å². The van der Waals surface area contributed by atoms with E-state index in [4.69, 9.17) is 0 Å². The molecule has 2 rings (SSSR count). The van der Waals surface area contributed by atoms with Crippen molar-refractivity contribution < 1.29 is 4.79 Å². The molecule has 1 N–H and O–H groups in total. The van der Waals surface area contributed by atoms with Crippen LogP contribution in [0.25, 0.3) is 0 Å². The SMILES string of the molecule is CNC1(CC(=O)N2CCCC(C(C)C)CC2)CCCCC1.